The average molecular weight is 327 g/mol. The lowest BCUT2D eigenvalue weighted by Gasteiger charge is -2.06. The lowest BCUT2D eigenvalue weighted by molar-refractivity contribution is -0.146. The molecular formula is C10H7ClF4N4S. The first kappa shape index (κ1) is 14.9. The molecule has 0 unspecified atom stereocenters. The molecule has 0 bridgehead atoms. The standard InChI is InChI=1S/C10H7ClF4N4S/c11-7-3-6(12)2-1-5(7)4-20-9-18-17-8(19(9)16)10(13,14)15/h1-3H,4,16H2. The van der Waals surface area contributed by atoms with Crippen molar-refractivity contribution in [2.24, 2.45) is 0 Å². The number of hydrogen-bond acceptors (Lipinski definition) is 4. The first-order valence-electron chi connectivity index (χ1n) is 5.13. The topological polar surface area (TPSA) is 56.7 Å². The number of nitrogens with zero attached hydrogens (tertiary/aromatic N) is 3. The van der Waals surface area contributed by atoms with Gasteiger partial charge >= 0.3 is 6.18 Å². The predicted octanol–water partition coefficient (Wildman–Crippen LogP) is 3.10. The van der Waals surface area contributed by atoms with E-state index in [2.05, 4.69) is 10.2 Å². The van der Waals surface area contributed by atoms with Crippen LogP contribution in [-0.2, 0) is 11.9 Å². The van der Waals surface area contributed by atoms with E-state index in [-0.39, 0.29) is 15.9 Å². The number of rotatable bonds is 3. The van der Waals surface area contributed by atoms with Crippen LogP contribution >= 0.6 is 23.4 Å². The first-order valence-corrected chi connectivity index (χ1v) is 6.50. The van der Waals surface area contributed by atoms with Gasteiger partial charge in [0.05, 0.1) is 0 Å². The third-order valence-electron chi connectivity index (χ3n) is 2.29. The van der Waals surface area contributed by atoms with E-state index in [4.69, 9.17) is 17.4 Å². The fraction of sp³-hybridized carbons (Fsp3) is 0.200. The zero-order valence-corrected chi connectivity index (χ0v) is 11.2. The highest BCUT2D eigenvalue weighted by atomic mass is 35.5. The Bertz CT molecular complexity index is 628. The molecule has 4 nitrogen and oxygen atoms in total. The highest BCUT2D eigenvalue weighted by Crippen LogP contribution is 2.30. The molecule has 0 atom stereocenters. The van der Waals surface area contributed by atoms with Crippen LogP contribution in [0.25, 0.3) is 0 Å². The molecule has 0 spiro atoms. The van der Waals surface area contributed by atoms with E-state index in [0.717, 1.165) is 17.8 Å². The summed E-state index contributed by atoms with van der Waals surface area (Å²) in [5.74, 6) is 3.68. The highest BCUT2D eigenvalue weighted by molar-refractivity contribution is 7.98. The van der Waals surface area contributed by atoms with Gasteiger partial charge in [0, 0.05) is 10.8 Å². The Morgan fingerprint density at radius 2 is 2.00 bits per heavy atom. The second-order valence-corrected chi connectivity index (χ2v) is 5.05. The van der Waals surface area contributed by atoms with Crippen LogP contribution in [0, 0.1) is 5.82 Å². The van der Waals surface area contributed by atoms with Gasteiger partial charge in [0.25, 0.3) is 5.82 Å². The maximum absolute atomic E-state index is 12.8. The smallest absolute Gasteiger partial charge is 0.335 e. The molecule has 20 heavy (non-hydrogen) atoms. The summed E-state index contributed by atoms with van der Waals surface area (Å²) in [6, 6.07) is 3.76. The van der Waals surface area contributed by atoms with Gasteiger partial charge in [-0.3, -0.25) is 0 Å². The van der Waals surface area contributed by atoms with Crippen LogP contribution in [0.3, 0.4) is 0 Å². The Labute approximate surface area is 119 Å². The number of alkyl halides is 3. The van der Waals surface area contributed by atoms with Gasteiger partial charge < -0.3 is 5.84 Å². The third-order valence-corrected chi connectivity index (χ3v) is 3.63. The zero-order chi connectivity index (χ0) is 14.9. The molecule has 0 radical (unpaired) electrons. The largest absolute Gasteiger partial charge is 0.453 e. The molecule has 0 saturated carbocycles. The van der Waals surface area contributed by atoms with Gasteiger partial charge in [-0.25, -0.2) is 9.07 Å². The Morgan fingerprint density at radius 1 is 1.30 bits per heavy atom. The Kier molecular flexibility index (Phi) is 4.09. The van der Waals surface area contributed by atoms with E-state index in [1.165, 1.54) is 12.1 Å². The van der Waals surface area contributed by atoms with Crippen molar-refractivity contribution in [2.45, 2.75) is 17.1 Å². The molecule has 2 aromatic rings. The molecule has 10 heteroatoms. The van der Waals surface area contributed by atoms with Crippen LogP contribution in [0.4, 0.5) is 17.6 Å². The Morgan fingerprint density at radius 3 is 2.55 bits per heavy atom. The monoisotopic (exact) mass is 326 g/mol. The number of halogens is 5. The zero-order valence-electron chi connectivity index (χ0n) is 9.66. The summed E-state index contributed by atoms with van der Waals surface area (Å²) in [6.07, 6.45) is -4.67. The second kappa shape index (κ2) is 5.49. The fourth-order valence-electron chi connectivity index (χ4n) is 1.35. The number of nitrogens with two attached hydrogens (primary N) is 1. The summed E-state index contributed by atoms with van der Waals surface area (Å²) in [5.41, 5.74) is 0.551. The maximum atomic E-state index is 12.8. The van der Waals surface area contributed by atoms with Gasteiger partial charge in [-0.1, -0.05) is 29.4 Å². The molecule has 2 rings (SSSR count). The fourth-order valence-corrected chi connectivity index (χ4v) is 2.52. The van der Waals surface area contributed by atoms with Crippen LogP contribution in [0.5, 0.6) is 0 Å². The van der Waals surface area contributed by atoms with Gasteiger partial charge in [-0.15, -0.1) is 10.2 Å². The number of nitrogen functional groups attached to an aromatic ring is 1. The van der Waals surface area contributed by atoms with Crippen molar-refractivity contribution in [3.63, 3.8) is 0 Å². The SMILES string of the molecule is Nn1c(SCc2ccc(F)cc2Cl)nnc1C(F)(F)F. The number of thioether (sulfide) groups is 1. The van der Waals surface area contributed by atoms with Gasteiger partial charge in [0.2, 0.25) is 5.16 Å². The van der Waals surface area contributed by atoms with E-state index in [9.17, 15) is 17.6 Å². The minimum absolute atomic E-state index is 0.113. The van der Waals surface area contributed by atoms with Gasteiger partial charge in [-0.2, -0.15) is 13.2 Å². The second-order valence-electron chi connectivity index (χ2n) is 3.70. The van der Waals surface area contributed by atoms with Crippen molar-refractivity contribution in [2.75, 3.05) is 5.84 Å². The summed E-state index contributed by atoms with van der Waals surface area (Å²) in [5, 5.41) is 6.41. The van der Waals surface area contributed by atoms with Crippen molar-refractivity contribution < 1.29 is 17.6 Å². The number of benzene rings is 1. The Hall–Kier alpha value is -1.48. The molecule has 0 aliphatic rings. The van der Waals surface area contributed by atoms with E-state index in [1.807, 2.05) is 0 Å². The number of aromatic nitrogens is 3. The molecule has 0 aliphatic heterocycles. The predicted molar refractivity (Wildman–Crippen MR) is 66.1 cm³/mol. The molecule has 0 amide bonds. The lowest BCUT2D eigenvalue weighted by Crippen LogP contribution is -2.21. The van der Waals surface area contributed by atoms with Crippen LogP contribution in [-0.4, -0.2) is 14.9 Å². The quantitative estimate of drug-likeness (QED) is 0.535. The summed E-state index contributed by atoms with van der Waals surface area (Å²) < 4.78 is 50.6. The highest BCUT2D eigenvalue weighted by Gasteiger charge is 2.38. The molecule has 108 valence electrons. The minimum Gasteiger partial charge on any atom is -0.335 e. The number of hydrogen-bond donors (Lipinski definition) is 1. The molecular weight excluding hydrogens is 320 g/mol. The van der Waals surface area contributed by atoms with Gasteiger partial charge in [0.15, 0.2) is 0 Å². The molecule has 0 fully saturated rings. The Balaban J connectivity index is 2.14. The summed E-state index contributed by atoms with van der Waals surface area (Å²) in [4.78, 5) is 0. The minimum atomic E-state index is -4.67. The molecule has 1 aromatic heterocycles. The summed E-state index contributed by atoms with van der Waals surface area (Å²) in [7, 11) is 0. The van der Waals surface area contributed by atoms with E-state index >= 15 is 0 Å². The molecule has 0 saturated heterocycles. The van der Waals surface area contributed by atoms with Crippen molar-refractivity contribution in [3.8, 4) is 0 Å². The van der Waals surface area contributed by atoms with Gasteiger partial charge in [0.1, 0.15) is 5.82 Å². The first-order chi connectivity index (χ1) is 9.29. The molecule has 1 aromatic carbocycles. The van der Waals surface area contributed by atoms with Crippen LogP contribution in [0.15, 0.2) is 23.4 Å². The molecule has 0 aliphatic carbocycles. The summed E-state index contributed by atoms with van der Waals surface area (Å²) in [6.45, 7) is 0. The molecule has 1 heterocycles. The summed E-state index contributed by atoms with van der Waals surface area (Å²) >= 11 is 6.72. The maximum Gasteiger partial charge on any atom is 0.453 e. The van der Waals surface area contributed by atoms with Crippen LogP contribution in [0.2, 0.25) is 5.02 Å². The van der Waals surface area contributed by atoms with Crippen LogP contribution in [0.1, 0.15) is 11.4 Å². The normalized spacial score (nSPS) is 11.8. The molecule has 2 N–H and O–H groups in total. The van der Waals surface area contributed by atoms with E-state index in [0.29, 0.717) is 10.2 Å². The lowest BCUT2D eigenvalue weighted by atomic mass is 10.2. The van der Waals surface area contributed by atoms with Crippen molar-refractivity contribution in [1.29, 1.82) is 0 Å². The van der Waals surface area contributed by atoms with E-state index < -0.39 is 17.8 Å². The van der Waals surface area contributed by atoms with Crippen molar-refractivity contribution in [3.05, 3.63) is 40.4 Å². The van der Waals surface area contributed by atoms with Crippen LogP contribution < -0.4 is 5.84 Å². The van der Waals surface area contributed by atoms with Crippen molar-refractivity contribution >= 4 is 23.4 Å². The van der Waals surface area contributed by atoms with Crippen molar-refractivity contribution in [1.82, 2.24) is 14.9 Å². The average Bonchev–Trinajstić information content (AvgIpc) is 2.69. The van der Waals surface area contributed by atoms with E-state index in [1.54, 1.807) is 0 Å². The van der Waals surface area contributed by atoms with Gasteiger partial charge in [-0.05, 0) is 17.7 Å². The third kappa shape index (κ3) is 3.15.